The van der Waals surface area contributed by atoms with Crippen LogP contribution in [0.2, 0.25) is 0 Å². The Bertz CT molecular complexity index is 172. The van der Waals surface area contributed by atoms with E-state index in [1.807, 2.05) is 0 Å². The summed E-state index contributed by atoms with van der Waals surface area (Å²) >= 11 is 0. The molecular weight excluding hydrogens is 204 g/mol. The molecule has 0 spiro atoms. The van der Waals surface area contributed by atoms with Gasteiger partial charge in [0.1, 0.15) is 0 Å². The molecule has 0 rings (SSSR count). The van der Waals surface area contributed by atoms with Crippen molar-refractivity contribution in [2.75, 3.05) is 32.8 Å². The van der Waals surface area contributed by atoms with Crippen molar-refractivity contribution in [2.24, 2.45) is 5.92 Å². The number of hydrogen-bond donors (Lipinski definition) is 2. The van der Waals surface area contributed by atoms with Crippen molar-refractivity contribution in [3.05, 3.63) is 0 Å². The van der Waals surface area contributed by atoms with E-state index in [4.69, 9.17) is 4.74 Å². The van der Waals surface area contributed by atoms with Crippen LogP contribution in [0.4, 0.5) is 0 Å². The van der Waals surface area contributed by atoms with Crippen LogP contribution in [0.15, 0.2) is 0 Å². The fourth-order valence-electron chi connectivity index (χ4n) is 1.16. The zero-order valence-electron chi connectivity index (χ0n) is 10.8. The Morgan fingerprint density at radius 3 is 2.69 bits per heavy atom. The monoisotopic (exact) mass is 230 g/mol. The van der Waals surface area contributed by atoms with Crippen molar-refractivity contribution < 1.29 is 9.53 Å². The van der Waals surface area contributed by atoms with Crippen molar-refractivity contribution in [3.63, 3.8) is 0 Å². The lowest BCUT2D eigenvalue weighted by Gasteiger charge is -2.08. The van der Waals surface area contributed by atoms with Gasteiger partial charge in [0.2, 0.25) is 5.91 Å². The SMILES string of the molecule is CCCNCC(=O)NCCCOCC(C)C. The van der Waals surface area contributed by atoms with E-state index in [2.05, 4.69) is 31.4 Å². The van der Waals surface area contributed by atoms with Crippen molar-refractivity contribution in [2.45, 2.75) is 33.6 Å². The van der Waals surface area contributed by atoms with Gasteiger partial charge in [0.15, 0.2) is 0 Å². The van der Waals surface area contributed by atoms with Crippen molar-refractivity contribution in [1.29, 1.82) is 0 Å². The number of carbonyl (C=O) groups is 1. The number of carbonyl (C=O) groups excluding carboxylic acids is 1. The Morgan fingerprint density at radius 2 is 2.06 bits per heavy atom. The van der Waals surface area contributed by atoms with Crippen LogP contribution in [-0.2, 0) is 9.53 Å². The normalized spacial score (nSPS) is 10.8. The number of amides is 1. The van der Waals surface area contributed by atoms with Gasteiger partial charge >= 0.3 is 0 Å². The molecule has 0 heterocycles. The van der Waals surface area contributed by atoms with Gasteiger partial charge in [0.25, 0.3) is 0 Å². The van der Waals surface area contributed by atoms with Gasteiger partial charge in [-0.15, -0.1) is 0 Å². The maximum Gasteiger partial charge on any atom is 0.233 e. The Morgan fingerprint density at radius 1 is 1.31 bits per heavy atom. The molecule has 0 saturated carbocycles. The van der Waals surface area contributed by atoms with E-state index in [1.165, 1.54) is 0 Å². The highest BCUT2D eigenvalue weighted by Crippen LogP contribution is 1.92. The average Bonchev–Trinajstić information content (AvgIpc) is 2.23. The summed E-state index contributed by atoms with van der Waals surface area (Å²) in [6, 6.07) is 0. The molecule has 0 fully saturated rings. The molecule has 96 valence electrons. The molecule has 1 amide bonds. The molecule has 0 atom stereocenters. The van der Waals surface area contributed by atoms with Gasteiger partial charge in [-0.2, -0.15) is 0 Å². The number of rotatable bonds is 10. The van der Waals surface area contributed by atoms with E-state index < -0.39 is 0 Å². The predicted octanol–water partition coefficient (Wildman–Crippen LogP) is 1.16. The average molecular weight is 230 g/mol. The van der Waals surface area contributed by atoms with Crippen LogP contribution in [0.25, 0.3) is 0 Å². The molecule has 0 aliphatic carbocycles. The number of ether oxygens (including phenoxy) is 1. The van der Waals surface area contributed by atoms with Gasteiger partial charge in [-0.1, -0.05) is 20.8 Å². The second-order valence-electron chi connectivity index (χ2n) is 4.35. The summed E-state index contributed by atoms with van der Waals surface area (Å²) in [7, 11) is 0. The van der Waals surface area contributed by atoms with Crippen LogP contribution in [-0.4, -0.2) is 38.8 Å². The van der Waals surface area contributed by atoms with E-state index in [0.717, 1.165) is 32.6 Å². The van der Waals surface area contributed by atoms with Crippen LogP contribution in [0.3, 0.4) is 0 Å². The molecule has 0 aromatic rings. The van der Waals surface area contributed by atoms with Gasteiger partial charge in [0.05, 0.1) is 6.54 Å². The van der Waals surface area contributed by atoms with E-state index in [0.29, 0.717) is 19.0 Å². The molecular formula is C12H26N2O2. The first-order valence-corrected chi connectivity index (χ1v) is 6.22. The minimum absolute atomic E-state index is 0.0670. The van der Waals surface area contributed by atoms with E-state index in [1.54, 1.807) is 0 Å². The summed E-state index contributed by atoms with van der Waals surface area (Å²) in [6.45, 7) is 9.86. The molecule has 0 bridgehead atoms. The Hall–Kier alpha value is -0.610. The fourth-order valence-corrected chi connectivity index (χ4v) is 1.16. The van der Waals surface area contributed by atoms with Gasteiger partial charge in [-0.25, -0.2) is 0 Å². The van der Waals surface area contributed by atoms with Crippen molar-refractivity contribution >= 4 is 5.91 Å². The van der Waals surface area contributed by atoms with Gasteiger partial charge in [-0.05, 0) is 25.3 Å². The second kappa shape index (κ2) is 10.9. The van der Waals surface area contributed by atoms with Crippen molar-refractivity contribution in [1.82, 2.24) is 10.6 Å². The van der Waals surface area contributed by atoms with Gasteiger partial charge in [0, 0.05) is 19.8 Å². The summed E-state index contributed by atoms with van der Waals surface area (Å²) in [4.78, 5) is 11.2. The molecule has 0 aromatic heterocycles. The highest BCUT2D eigenvalue weighted by molar-refractivity contribution is 5.77. The van der Waals surface area contributed by atoms with E-state index in [9.17, 15) is 4.79 Å². The largest absolute Gasteiger partial charge is 0.381 e. The highest BCUT2D eigenvalue weighted by Gasteiger charge is 1.99. The molecule has 0 unspecified atom stereocenters. The van der Waals surface area contributed by atoms with Crippen LogP contribution in [0, 0.1) is 5.92 Å². The molecule has 0 aromatic carbocycles. The third kappa shape index (κ3) is 11.5. The zero-order valence-corrected chi connectivity index (χ0v) is 10.8. The fraction of sp³-hybridized carbons (Fsp3) is 0.917. The summed E-state index contributed by atoms with van der Waals surface area (Å²) < 4.78 is 5.41. The van der Waals surface area contributed by atoms with Crippen molar-refractivity contribution in [3.8, 4) is 0 Å². The summed E-state index contributed by atoms with van der Waals surface area (Å²) in [5.41, 5.74) is 0. The number of hydrogen-bond acceptors (Lipinski definition) is 3. The topological polar surface area (TPSA) is 50.4 Å². The predicted molar refractivity (Wildman–Crippen MR) is 66.4 cm³/mol. The first-order valence-electron chi connectivity index (χ1n) is 6.22. The standard InChI is InChI=1S/C12H26N2O2/c1-4-6-13-9-12(15)14-7-5-8-16-10-11(2)3/h11,13H,4-10H2,1-3H3,(H,14,15). The molecule has 4 heteroatoms. The molecule has 4 nitrogen and oxygen atoms in total. The quantitative estimate of drug-likeness (QED) is 0.554. The molecule has 2 N–H and O–H groups in total. The summed E-state index contributed by atoms with van der Waals surface area (Å²) in [5.74, 6) is 0.644. The highest BCUT2D eigenvalue weighted by atomic mass is 16.5. The molecule has 0 aliphatic heterocycles. The summed E-state index contributed by atoms with van der Waals surface area (Å²) in [6.07, 6.45) is 1.93. The van der Waals surface area contributed by atoms with Gasteiger partial charge in [-0.3, -0.25) is 4.79 Å². The molecule has 0 aliphatic rings. The lowest BCUT2D eigenvalue weighted by atomic mass is 10.2. The minimum Gasteiger partial charge on any atom is -0.381 e. The molecule has 16 heavy (non-hydrogen) atoms. The van der Waals surface area contributed by atoms with Crippen LogP contribution in [0.5, 0.6) is 0 Å². The summed E-state index contributed by atoms with van der Waals surface area (Å²) in [5, 5.41) is 5.91. The number of nitrogens with one attached hydrogen (secondary N) is 2. The maximum atomic E-state index is 11.2. The van der Waals surface area contributed by atoms with E-state index >= 15 is 0 Å². The Balaban J connectivity index is 3.15. The Kier molecular flexibility index (Phi) is 10.5. The third-order valence-electron chi connectivity index (χ3n) is 1.95. The first-order chi connectivity index (χ1) is 7.66. The van der Waals surface area contributed by atoms with Crippen LogP contribution < -0.4 is 10.6 Å². The third-order valence-corrected chi connectivity index (χ3v) is 1.95. The van der Waals surface area contributed by atoms with E-state index in [-0.39, 0.29) is 5.91 Å². The smallest absolute Gasteiger partial charge is 0.233 e. The maximum absolute atomic E-state index is 11.2. The first kappa shape index (κ1) is 15.4. The lowest BCUT2D eigenvalue weighted by molar-refractivity contribution is -0.120. The van der Waals surface area contributed by atoms with Crippen LogP contribution in [0.1, 0.15) is 33.6 Å². The minimum atomic E-state index is 0.0670. The Labute approximate surface area is 99.1 Å². The molecule has 0 radical (unpaired) electrons. The van der Waals surface area contributed by atoms with Crippen LogP contribution >= 0.6 is 0 Å². The molecule has 0 saturated heterocycles. The zero-order chi connectivity index (χ0) is 12.2. The second-order valence-corrected chi connectivity index (χ2v) is 4.35. The van der Waals surface area contributed by atoms with Gasteiger partial charge < -0.3 is 15.4 Å². The lowest BCUT2D eigenvalue weighted by Crippen LogP contribution is -2.35.